The van der Waals surface area contributed by atoms with Crippen LogP contribution in [0.3, 0.4) is 0 Å². The van der Waals surface area contributed by atoms with Crippen molar-refractivity contribution in [2.24, 2.45) is 5.92 Å². The molecule has 8 nitrogen and oxygen atoms in total. The summed E-state index contributed by atoms with van der Waals surface area (Å²) in [6.07, 6.45) is 1.38. The van der Waals surface area contributed by atoms with E-state index in [1.807, 2.05) is 19.9 Å². The lowest BCUT2D eigenvalue weighted by Crippen LogP contribution is -2.39. The number of aliphatic carboxylic acids is 1. The van der Waals surface area contributed by atoms with Gasteiger partial charge in [-0.15, -0.1) is 0 Å². The molecule has 31 heavy (non-hydrogen) atoms. The highest BCUT2D eigenvalue weighted by molar-refractivity contribution is 7.90. The number of rotatable bonds is 10. The number of hydrogen-bond donors (Lipinski definition) is 3. The Hall–Kier alpha value is -2.30. The Bertz CT molecular complexity index is 1060. The minimum atomic E-state index is -3.36. The molecule has 0 spiro atoms. The van der Waals surface area contributed by atoms with Crippen LogP contribution in [0.25, 0.3) is 10.4 Å². The van der Waals surface area contributed by atoms with Crippen LogP contribution in [0.2, 0.25) is 0 Å². The third-order valence-electron chi connectivity index (χ3n) is 4.62. The summed E-state index contributed by atoms with van der Waals surface area (Å²) in [5, 5.41) is 15.4. The van der Waals surface area contributed by atoms with Crippen LogP contribution >= 0.6 is 11.3 Å². The van der Waals surface area contributed by atoms with E-state index in [1.54, 1.807) is 26.0 Å². The van der Waals surface area contributed by atoms with Gasteiger partial charge in [-0.05, 0) is 49.9 Å². The Morgan fingerprint density at radius 3 is 2.48 bits per heavy atom. The van der Waals surface area contributed by atoms with E-state index in [2.05, 4.69) is 15.6 Å². The number of aryl methyl sites for hydroxylation is 2. The highest BCUT2D eigenvalue weighted by Crippen LogP contribution is 2.34. The number of anilines is 1. The zero-order valence-corrected chi connectivity index (χ0v) is 20.0. The van der Waals surface area contributed by atoms with E-state index in [1.165, 1.54) is 17.6 Å². The minimum Gasteiger partial charge on any atom is -0.480 e. The van der Waals surface area contributed by atoms with Gasteiger partial charge in [-0.2, -0.15) is 0 Å². The molecular weight excluding hydrogens is 438 g/mol. The third kappa shape index (κ3) is 7.12. The SMILES string of the molecule is Cc1ccc(-c2sc(NC(=O)CCC(NCC(C)C)C(=O)O)nc2C)cc1S(C)(=O)=O. The Balaban J connectivity index is 2.09. The van der Waals surface area contributed by atoms with E-state index in [0.29, 0.717) is 34.4 Å². The highest BCUT2D eigenvalue weighted by atomic mass is 32.2. The van der Waals surface area contributed by atoms with Gasteiger partial charge in [-0.1, -0.05) is 37.3 Å². The molecule has 1 unspecified atom stereocenters. The van der Waals surface area contributed by atoms with E-state index >= 15 is 0 Å². The van der Waals surface area contributed by atoms with Gasteiger partial charge in [-0.25, -0.2) is 13.4 Å². The van der Waals surface area contributed by atoms with Crippen LogP contribution in [0.5, 0.6) is 0 Å². The lowest BCUT2D eigenvalue weighted by Gasteiger charge is -2.15. The quantitative estimate of drug-likeness (QED) is 0.490. The predicted octanol–water partition coefficient (Wildman–Crippen LogP) is 3.25. The molecule has 0 saturated heterocycles. The van der Waals surface area contributed by atoms with Crippen molar-refractivity contribution in [2.75, 3.05) is 18.1 Å². The molecule has 2 rings (SSSR count). The first-order valence-electron chi connectivity index (χ1n) is 9.93. The molecule has 0 aliphatic heterocycles. The van der Waals surface area contributed by atoms with E-state index < -0.39 is 21.8 Å². The average molecular weight is 468 g/mol. The maximum absolute atomic E-state index is 12.3. The molecule has 0 radical (unpaired) electrons. The Morgan fingerprint density at radius 1 is 1.23 bits per heavy atom. The molecule has 3 N–H and O–H groups in total. The number of nitrogens with zero attached hydrogens (tertiary/aromatic N) is 1. The second-order valence-electron chi connectivity index (χ2n) is 7.97. The molecule has 1 aromatic heterocycles. The molecule has 1 amide bonds. The van der Waals surface area contributed by atoms with Gasteiger partial charge in [0.05, 0.1) is 15.5 Å². The molecule has 2 aromatic rings. The lowest BCUT2D eigenvalue weighted by atomic mass is 10.1. The van der Waals surface area contributed by atoms with Crippen LogP contribution in [0, 0.1) is 19.8 Å². The molecular formula is C21H29N3O5S2. The summed E-state index contributed by atoms with van der Waals surface area (Å²) in [6, 6.07) is 4.41. The smallest absolute Gasteiger partial charge is 0.320 e. The molecule has 0 aliphatic carbocycles. The summed E-state index contributed by atoms with van der Waals surface area (Å²) in [6.45, 7) is 8.05. The fraction of sp³-hybridized carbons (Fsp3) is 0.476. The van der Waals surface area contributed by atoms with Gasteiger partial charge in [0.2, 0.25) is 5.91 Å². The van der Waals surface area contributed by atoms with E-state index in [9.17, 15) is 23.1 Å². The van der Waals surface area contributed by atoms with Crippen molar-refractivity contribution in [3.05, 3.63) is 29.5 Å². The van der Waals surface area contributed by atoms with Gasteiger partial charge in [0.25, 0.3) is 0 Å². The lowest BCUT2D eigenvalue weighted by molar-refractivity contribution is -0.139. The number of sulfone groups is 1. The summed E-state index contributed by atoms with van der Waals surface area (Å²) in [4.78, 5) is 29.1. The van der Waals surface area contributed by atoms with Crippen LogP contribution in [-0.2, 0) is 19.4 Å². The molecule has 1 aromatic carbocycles. The van der Waals surface area contributed by atoms with Crippen LogP contribution in [0.4, 0.5) is 5.13 Å². The summed E-state index contributed by atoms with van der Waals surface area (Å²) in [5.74, 6) is -1.00. The van der Waals surface area contributed by atoms with Crippen LogP contribution < -0.4 is 10.6 Å². The standard InChI is InChI=1S/C21H29N3O5S2/c1-12(2)11-22-16(20(26)27)8-9-18(25)24-21-23-14(4)19(30-21)15-7-6-13(3)17(10-15)31(5,28)29/h6-7,10,12,16,22H,8-9,11H2,1-5H3,(H,26,27)(H,23,24,25). The monoisotopic (exact) mass is 467 g/mol. The normalized spacial score (nSPS) is 12.7. The number of benzene rings is 1. The third-order valence-corrected chi connectivity index (χ3v) is 6.98. The molecule has 170 valence electrons. The summed E-state index contributed by atoms with van der Waals surface area (Å²) < 4.78 is 24.0. The summed E-state index contributed by atoms with van der Waals surface area (Å²) in [7, 11) is -3.36. The first-order chi connectivity index (χ1) is 14.4. The first-order valence-corrected chi connectivity index (χ1v) is 12.6. The predicted molar refractivity (Wildman–Crippen MR) is 122 cm³/mol. The second kappa shape index (κ2) is 10.3. The number of carbonyl (C=O) groups is 2. The molecule has 10 heteroatoms. The van der Waals surface area contributed by atoms with Crippen molar-refractivity contribution < 1.29 is 23.1 Å². The molecule has 0 saturated carbocycles. The highest BCUT2D eigenvalue weighted by Gasteiger charge is 2.20. The number of amides is 1. The second-order valence-corrected chi connectivity index (χ2v) is 10.9. The molecule has 1 heterocycles. The number of carboxylic acid groups (broad SMARTS) is 1. The van der Waals surface area contributed by atoms with E-state index in [0.717, 1.165) is 4.88 Å². The maximum atomic E-state index is 12.3. The van der Waals surface area contributed by atoms with Crippen molar-refractivity contribution in [2.45, 2.75) is 51.5 Å². The Morgan fingerprint density at radius 2 is 1.90 bits per heavy atom. The molecule has 1 atom stereocenters. The van der Waals surface area contributed by atoms with E-state index in [-0.39, 0.29) is 23.6 Å². The van der Waals surface area contributed by atoms with Crippen molar-refractivity contribution in [3.8, 4) is 10.4 Å². The van der Waals surface area contributed by atoms with Crippen LogP contribution in [-0.4, -0.2) is 49.2 Å². The number of carboxylic acids is 1. The summed E-state index contributed by atoms with van der Waals surface area (Å²) in [5.41, 5.74) is 2.05. The fourth-order valence-electron chi connectivity index (χ4n) is 3.01. The van der Waals surface area contributed by atoms with Crippen molar-refractivity contribution in [1.82, 2.24) is 10.3 Å². The molecule has 0 aliphatic rings. The fourth-order valence-corrected chi connectivity index (χ4v) is 4.98. The molecule has 0 bridgehead atoms. The largest absolute Gasteiger partial charge is 0.480 e. The number of thiazole rings is 1. The van der Waals surface area contributed by atoms with Crippen molar-refractivity contribution in [1.29, 1.82) is 0 Å². The van der Waals surface area contributed by atoms with Gasteiger partial charge in [-0.3, -0.25) is 9.59 Å². The molecule has 0 fully saturated rings. The van der Waals surface area contributed by atoms with Crippen LogP contribution in [0.1, 0.15) is 37.9 Å². The Kier molecular flexibility index (Phi) is 8.33. The van der Waals surface area contributed by atoms with Gasteiger partial charge in [0.1, 0.15) is 6.04 Å². The zero-order chi connectivity index (χ0) is 23.3. The maximum Gasteiger partial charge on any atom is 0.320 e. The first kappa shape index (κ1) is 25.0. The topological polar surface area (TPSA) is 125 Å². The zero-order valence-electron chi connectivity index (χ0n) is 18.4. The minimum absolute atomic E-state index is 0.0405. The van der Waals surface area contributed by atoms with Crippen LogP contribution in [0.15, 0.2) is 23.1 Å². The van der Waals surface area contributed by atoms with E-state index in [4.69, 9.17) is 0 Å². The van der Waals surface area contributed by atoms with Crippen molar-refractivity contribution in [3.63, 3.8) is 0 Å². The van der Waals surface area contributed by atoms with Crippen molar-refractivity contribution >= 4 is 38.2 Å². The number of aromatic nitrogens is 1. The average Bonchev–Trinajstić information content (AvgIpc) is 3.00. The number of nitrogens with one attached hydrogen (secondary N) is 2. The number of carbonyl (C=O) groups excluding carboxylic acids is 1. The number of hydrogen-bond acceptors (Lipinski definition) is 7. The van der Waals surface area contributed by atoms with Gasteiger partial charge < -0.3 is 15.7 Å². The Labute approximate surface area is 187 Å². The summed E-state index contributed by atoms with van der Waals surface area (Å²) >= 11 is 1.25. The van der Waals surface area contributed by atoms with Gasteiger partial charge in [0, 0.05) is 12.7 Å². The van der Waals surface area contributed by atoms with Gasteiger partial charge >= 0.3 is 5.97 Å². The van der Waals surface area contributed by atoms with Gasteiger partial charge in [0.15, 0.2) is 15.0 Å².